The van der Waals surface area contributed by atoms with Gasteiger partial charge in [-0.1, -0.05) is 30.3 Å². The van der Waals surface area contributed by atoms with E-state index in [4.69, 9.17) is 9.52 Å². The van der Waals surface area contributed by atoms with Crippen molar-refractivity contribution < 1.29 is 14.3 Å². The molecule has 0 atom stereocenters. The summed E-state index contributed by atoms with van der Waals surface area (Å²) >= 11 is 0. The second-order valence-electron chi connectivity index (χ2n) is 4.41. The van der Waals surface area contributed by atoms with Crippen LogP contribution in [-0.4, -0.2) is 29.1 Å². The average Bonchev–Trinajstić information content (AvgIpc) is 2.95. The van der Waals surface area contributed by atoms with Gasteiger partial charge in [-0.25, -0.2) is 4.98 Å². The smallest absolute Gasteiger partial charge is 0.220 e. The van der Waals surface area contributed by atoms with Crippen molar-refractivity contribution >= 4 is 5.91 Å². The van der Waals surface area contributed by atoms with E-state index in [-0.39, 0.29) is 12.5 Å². The summed E-state index contributed by atoms with van der Waals surface area (Å²) in [5.74, 6) is 1.21. The number of aromatic nitrogens is 1. The van der Waals surface area contributed by atoms with Gasteiger partial charge in [0.2, 0.25) is 5.91 Å². The molecule has 0 bridgehead atoms. The molecule has 0 aliphatic heterocycles. The molecule has 0 aliphatic carbocycles. The predicted molar refractivity (Wildman–Crippen MR) is 75.0 cm³/mol. The van der Waals surface area contributed by atoms with E-state index >= 15 is 0 Å². The fourth-order valence-electron chi connectivity index (χ4n) is 1.78. The molecular formula is C15H18N2O3. The minimum atomic E-state index is -0.0575. The van der Waals surface area contributed by atoms with Gasteiger partial charge in [0, 0.05) is 31.6 Å². The average molecular weight is 274 g/mol. The number of rotatable bonds is 7. The molecule has 5 heteroatoms. The first-order valence-corrected chi connectivity index (χ1v) is 6.67. The third kappa shape index (κ3) is 4.20. The highest BCUT2D eigenvalue weighted by molar-refractivity contribution is 5.75. The van der Waals surface area contributed by atoms with Crippen LogP contribution >= 0.6 is 0 Å². The van der Waals surface area contributed by atoms with Gasteiger partial charge in [0.15, 0.2) is 11.7 Å². The van der Waals surface area contributed by atoms with Gasteiger partial charge in [-0.05, 0) is 6.42 Å². The van der Waals surface area contributed by atoms with Gasteiger partial charge in [-0.2, -0.15) is 0 Å². The van der Waals surface area contributed by atoms with E-state index in [1.807, 2.05) is 30.3 Å². The van der Waals surface area contributed by atoms with Gasteiger partial charge < -0.3 is 14.8 Å². The Morgan fingerprint density at radius 3 is 2.85 bits per heavy atom. The molecule has 0 unspecified atom stereocenters. The van der Waals surface area contributed by atoms with Crippen LogP contribution in [0.25, 0.3) is 11.3 Å². The lowest BCUT2D eigenvalue weighted by Gasteiger charge is -2.02. The zero-order valence-electron chi connectivity index (χ0n) is 11.2. The van der Waals surface area contributed by atoms with Crippen LogP contribution in [0.2, 0.25) is 0 Å². The first-order chi connectivity index (χ1) is 9.79. The number of carbonyl (C=O) groups is 1. The number of oxazole rings is 1. The van der Waals surface area contributed by atoms with Crippen LogP contribution in [-0.2, 0) is 11.2 Å². The summed E-state index contributed by atoms with van der Waals surface area (Å²) in [6.07, 6.45) is 3.05. The zero-order chi connectivity index (χ0) is 14.2. The van der Waals surface area contributed by atoms with Gasteiger partial charge in [0.1, 0.15) is 0 Å². The van der Waals surface area contributed by atoms with Crippen molar-refractivity contribution in [3.63, 3.8) is 0 Å². The van der Waals surface area contributed by atoms with Crippen LogP contribution in [0.5, 0.6) is 0 Å². The fraction of sp³-hybridized carbons (Fsp3) is 0.333. The summed E-state index contributed by atoms with van der Waals surface area (Å²) in [5, 5.41) is 11.3. The normalized spacial score (nSPS) is 10.4. The minimum Gasteiger partial charge on any atom is -0.441 e. The third-order valence-corrected chi connectivity index (χ3v) is 2.83. The Labute approximate surface area is 117 Å². The number of carbonyl (C=O) groups excluding carboxylic acids is 1. The first-order valence-electron chi connectivity index (χ1n) is 6.67. The second kappa shape index (κ2) is 7.45. The molecule has 2 rings (SSSR count). The van der Waals surface area contributed by atoms with Crippen molar-refractivity contribution in [3.05, 3.63) is 42.4 Å². The summed E-state index contributed by atoms with van der Waals surface area (Å²) in [6.45, 7) is 0.580. The van der Waals surface area contributed by atoms with E-state index in [1.54, 1.807) is 6.20 Å². The van der Waals surface area contributed by atoms with Crippen molar-refractivity contribution in [1.29, 1.82) is 0 Å². The van der Waals surface area contributed by atoms with E-state index in [9.17, 15) is 4.79 Å². The molecule has 20 heavy (non-hydrogen) atoms. The van der Waals surface area contributed by atoms with Gasteiger partial charge in [0.05, 0.1) is 6.20 Å². The van der Waals surface area contributed by atoms with Crippen LogP contribution < -0.4 is 5.32 Å². The van der Waals surface area contributed by atoms with Crippen LogP contribution in [0.4, 0.5) is 0 Å². The number of hydrogen-bond acceptors (Lipinski definition) is 4. The SMILES string of the molecule is O=C(CCc1ncc(-c2ccccc2)o1)NCCCO. The zero-order valence-corrected chi connectivity index (χ0v) is 11.2. The highest BCUT2D eigenvalue weighted by Crippen LogP contribution is 2.20. The third-order valence-electron chi connectivity index (χ3n) is 2.83. The molecule has 1 amide bonds. The summed E-state index contributed by atoms with van der Waals surface area (Å²) in [5.41, 5.74) is 0.971. The largest absolute Gasteiger partial charge is 0.441 e. The van der Waals surface area contributed by atoms with E-state index in [1.165, 1.54) is 0 Å². The highest BCUT2D eigenvalue weighted by atomic mass is 16.4. The Balaban J connectivity index is 1.83. The maximum atomic E-state index is 11.5. The van der Waals surface area contributed by atoms with Crippen LogP contribution in [0, 0.1) is 0 Å². The monoisotopic (exact) mass is 274 g/mol. The van der Waals surface area contributed by atoms with Crippen molar-refractivity contribution in [2.24, 2.45) is 0 Å². The van der Waals surface area contributed by atoms with E-state index < -0.39 is 0 Å². The van der Waals surface area contributed by atoms with Crippen molar-refractivity contribution in [1.82, 2.24) is 10.3 Å². The Hall–Kier alpha value is -2.14. The number of nitrogens with zero attached hydrogens (tertiary/aromatic N) is 1. The first kappa shape index (κ1) is 14.3. The number of hydrogen-bond donors (Lipinski definition) is 2. The second-order valence-corrected chi connectivity index (χ2v) is 4.41. The maximum Gasteiger partial charge on any atom is 0.220 e. The Bertz CT molecular complexity index is 537. The Kier molecular flexibility index (Phi) is 5.32. The molecule has 1 aromatic carbocycles. The Morgan fingerprint density at radius 2 is 2.10 bits per heavy atom. The number of aryl methyl sites for hydroxylation is 1. The van der Waals surface area contributed by atoms with Gasteiger partial charge in [-0.3, -0.25) is 4.79 Å². The fourth-order valence-corrected chi connectivity index (χ4v) is 1.78. The summed E-state index contributed by atoms with van der Waals surface area (Å²) in [7, 11) is 0. The molecule has 2 N–H and O–H groups in total. The predicted octanol–water partition coefficient (Wildman–Crippen LogP) is 1.77. The summed E-state index contributed by atoms with van der Waals surface area (Å²) in [4.78, 5) is 15.7. The lowest BCUT2D eigenvalue weighted by molar-refractivity contribution is -0.121. The van der Waals surface area contributed by atoms with Crippen LogP contribution in [0.15, 0.2) is 40.9 Å². The molecule has 5 nitrogen and oxygen atoms in total. The topological polar surface area (TPSA) is 75.4 Å². The van der Waals surface area contributed by atoms with Gasteiger partial charge >= 0.3 is 0 Å². The number of aliphatic hydroxyl groups excluding tert-OH is 1. The number of aliphatic hydroxyl groups is 1. The molecule has 0 saturated heterocycles. The lowest BCUT2D eigenvalue weighted by Crippen LogP contribution is -2.25. The molecule has 1 aromatic heterocycles. The molecule has 0 fully saturated rings. The molecule has 0 spiro atoms. The molecular weight excluding hydrogens is 256 g/mol. The quantitative estimate of drug-likeness (QED) is 0.755. The molecule has 0 saturated carbocycles. The molecule has 0 radical (unpaired) electrons. The number of benzene rings is 1. The minimum absolute atomic E-state index is 0.0575. The molecule has 1 heterocycles. The van der Waals surface area contributed by atoms with Crippen molar-refractivity contribution in [2.45, 2.75) is 19.3 Å². The molecule has 0 aliphatic rings. The highest BCUT2D eigenvalue weighted by Gasteiger charge is 2.08. The van der Waals surface area contributed by atoms with Gasteiger partial charge in [0.25, 0.3) is 0 Å². The standard InChI is InChI=1S/C15H18N2O3/c18-10-4-9-16-14(19)7-8-15-17-11-13(20-15)12-5-2-1-3-6-12/h1-3,5-6,11,18H,4,7-10H2,(H,16,19). The summed E-state index contributed by atoms with van der Waals surface area (Å²) < 4.78 is 5.61. The molecule has 106 valence electrons. The van der Waals surface area contributed by atoms with Gasteiger partial charge in [-0.15, -0.1) is 0 Å². The Morgan fingerprint density at radius 1 is 1.30 bits per heavy atom. The number of nitrogens with one attached hydrogen (secondary N) is 1. The maximum absolute atomic E-state index is 11.5. The van der Waals surface area contributed by atoms with Crippen LogP contribution in [0.1, 0.15) is 18.7 Å². The van der Waals surface area contributed by atoms with E-state index in [2.05, 4.69) is 10.3 Å². The van der Waals surface area contributed by atoms with Crippen molar-refractivity contribution in [3.8, 4) is 11.3 Å². The summed E-state index contributed by atoms with van der Waals surface area (Å²) in [6, 6.07) is 9.72. The van der Waals surface area contributed by atoms with Crippen LogP contribution in [0.3, 0.4) is 0 Å². The van der Waals surface area contributed by atoms with Crippen molar-refractivity contribution in [2.75, 3.05) is 13.2 Å². The number of amides is 1. The molecule has 2 aromatic rings. The van der Waals surface area contributed by atoms with E-state index in [0.717, 1.165) is 5.56 Å². The van der Waals surface area contributed by atoms with E-state index in [0.29, 0.717) is 37.5 Å². The lowest BCUT2D eigenvalue weighted by atomic mass is 10.2.